The molecule has 3 rings (SSSR count). The number of rotatable bonds is 2. The van der Waals surface area contributed by atoms with Crippen LogP contribution in [0.25, 0.3) is 0 Å². The highest BCUT2D eigenvalue weighted by Gasteiger charge is 2.58. The van der Waals surface area contributed by atoms with Crippen LogP contribution in [0.4, 0.5) is 0 Å². The van der Waals surface area contributed by atoms with Gasteiger partial charge in [-0.25, -0.2) is 0 Å². The lowest BCUT2D eigenvalue weighted by molar-refractivity contribution is -0.114. The smallest absolute Gasteiger partial charge is 0.1000 e. The largest absolute Gasteiger partial charge is 0.396 e. The molecule has 2 fully saturated rings. The molecule has 100 valence electrons. The Morgan fingerprint density at radius 1 is 1.56 bits per heavy atom. The Bertz CT molecular complexity index is 452. The van der Waals surface area contributed by atoms with E-state index in [1.807, 2.05) is 10.9 Å². The van der Waals surface area contributed by atoms with Gasteiger partial charge in [0.05, 0.1) is 42.1 Å². The number of hydrogen-bond donors (Lipinski definition) is 2. The molecule has 2 heterocycles. The number of aromatic nitrogens is 2. The van der Waals surface area contributed by atoms with Crippen LogP contribution in [0.1, 0.15) is 25.3 Å². The van der Waals surface area contributed by atoms with Gasteiger partial charge in [-0.2, -0.15) is 5.10 Å². The van der Waals surface area contributed by atoms with E-state index in [0.717, 1.165) is 17.3 Å². The van der Waals surface area contributed by atoms with Crippen LogP contribution in [0.2, 0.25) is 0 Å². The van der Waals surface area contributed by atoms with Crippen molar-refractivity contribution in [2.75, 3.05) is 19.8 Å². The molecule has 18 heavy (non-hydrogen) atoms. The molecule has 0 radical (unpaired) electrons. The molecule has 0 amide bonds. The van der Waals surface area contributed by atoms with Crippen molar-refractivity contribution in [3.8, 4) is 0 Å². The molecule has 1 aliphatic heterocycles. The average Bonchev–Trinajstić information content (AvgIpc) is 2.91. The van der Waals surface area contributed by atoms with Crippen LogP contribution in [-0.4, -0.2) is 45.4 Å². The summed E-state index contributed by atoms with van der Waals surface area (Å²) < 4.78 is 8.26. The van der Waals surface area contributed by atoms with E-state index in [0.29, 0.717) is 19.6 Å². The average molecular weight is 317 g/mol. The summed E-state index contributed by atoms with van der Waals surface area (Å²) >= 11 is 3.38. The number of nitrogens with zero attached hydrogens (tertiary/aromatic N) is 2. The number of ether oxygens (including phenoxy) is 1. The lowest BCUT2D eigenvalue weighted by Crippen LogP contribution is -2.54. The zero-order valence-corrected chi connectivity index (χ0v) is 11.6. The zero-order valence-electron chi connectivity index (χ0n) is 10.0. The van der Waals surface area contributed by atoms with Gasteiger partial charge >= 0.3 is 0 Å². The van der Waals surface area contributed by atoms with Crippen LogP contribution in [-0.2, 0) is 4.74 Å². The Morgan fingerprint density at radius 2 is 2.39 bits per heavy atom. The van der Waals surface area contributed by atoms with Crippen molar-refractivity contribution < 1.29 is 14.9 Å². The maximum absolute atomic E-state index is 10.8. The second-order valence-electron chi connectivity index (χ2n) is 5.50. The van der Waals surface area contributed by atoms with E-state index in [1.54, 1.807) is 6.20 Å². The monoisotopic (exact) mass is 316 g/mol. The first-order chi connectivity index (χ1) is 8.59. The van der Waals surface area contributed by atoms with Crippen LogP contribution in [0.15, 0.2) is 16.9 Å². The van der Waals surface area contributed by atoms with Gasteiger partial charge in [0.1, 0.15) is 0 Å². The van der Waals surface area contributed by atoms with Crippen molar-refractivity contribution in [2.45, 2.75) is 30.9 Å². The Hall–Kier alpha value is -0.430. The maximum atomic E-state index is 10.8. The van der Waals surface area contributed by atoms with E-state index in [-0.39, 0.29) is 12.6 Å². The van der Waals surface area contributed by atoms with Gasteiger partial charge in [0.2, 0.25) is 0 Å². The summed E-state index contributed by atoms with van der Waals surface area (Å²) in [7, 11) is 0. The highest BCUT2D eigenvalue weighted by atomic mass is 79.9. The van der Waals surface area contributed by atoms with Crippen LogP contribution in [0.3, 0.4) is 0 Å². The van der Waals surface area contributed by atoms with E-state index in [9.17, 15) is 10.2 Å². The zero-order chi connectivity index (χ0) is 12.8. The van der Waals surface area contributed by atoms with Gasteiger partial charge in [-0.15, -0.1) is 0 Å². The first kappa shape index (κ1) is 12.6. The minimum absolute atomic E-state index is 0.0149. The summed E-state index contributed by atoms with van der Waals surface area (Å²) in [5.41, 5.74) is -1.41. The second kappa shape index (κ2) is 4.30. The minimum atomic E-state index is -0.927. The third-order valence-corrected chi connectivity index (χ3v) is 4.89. The van der Waals surface area contributed by atoms with Gasteiger partial charge in [-0.3, -0.25) is 4.68 Å². The van der Waals surface area contributed by atoms with Crippen molar-refractivity contribution in [3.63, 3.8) is 0 Å². The lowest BCUT2D eigenvalue weighted by atomic mass is 9.64. The van der Waals surface area contributed by atoms with Gasteiger partial charge < -0.3 is 14.9 Å². The number of aliphatic hydroxyl groups excluding tert-OH is 1. The molecule has 1 aliphatic carbocycles. The predicted molar refractivity (Wildman–Crippen MR) is 68.1 cm³/mol. The van der Waals surface area contributed by atoms with E-state index in [1.165, 1.54) is 0 Å². The molecule has 1 saturated heterocycles. The summed E-state index contributed by atoms with van der Waals surface area (Å²) in [5, 5.41) is 24.7. The van der Waals surface area contributed by atoms with E-state index >= 15 is 0 Å². The van der Waals surface area contributed by atoms with Gasteiger partial charge in [0.15, 0.2) is 0 Å². The molecule has 6 heteroatoms. The number of halogens is 1. The number of fused-ring (bicyclic) bond motifs is 1. The molecule has 0 aromatic carbocycles. The van der Waals surface area contributed by atoms with Crippen molar-refractivity contribution in [3.05, 3.63) is 16.9 Å². The molecule has 0 bridgehead atoms. The summed E-state index contributed by atoms with van der Waals surface area (Å²) in [6.45, 7) is 0.751. The summed E-state index contributed by atoms with van der Waals surface area (Å²) in [5.74, 6) is 0. The van der Waals surface area contributed by atoms with Gasteiger partial charge in [0, 0.05) is 18.0 Å². The maximum Gasteiger partial charge on any atom is 0.1000 e. The third kappa shape index (κ3) is 1.74. The molecule has 3 atom stereocenters. The molecule has 1 saturated carbocycles. The molecule has 5 nitrogen and oxygen atoms in total. The summed E-state index contributed by atoms with van der Waals surface area (Å²) in [6, 6.07) is 0.169. The number of aliphatic hydroxyl groups is 2. The van der Waals surface area contributed by atoms with Gasteiger partial charge in [-0.1, -0.05) is 0 Å². The minimum Gasteiger partial charge on any atom is -0.396 e. The first-order valence-electron chi connectivity index (χ1n) is 6.19. The van der Waals surface area contributed by atoms with Crippen LogP contribution in [0, 0.1) is 5.41 Å². The van der Waals surface area contributed by atoms with E-state index in [2.05, 4.69) is 21.0 Å². The first-order valence-corrected chi connectivity index (χ1v) is 6.99. The molecular weight excluding hydrogens is 300 g/mol. The Labute approximate surface area is 114 Å². The van der Waals surface area contributed by atoms with Crippen molar-refractivity contribution in [1.82, 2.24) is 9.78 Å². The number of hydrogen-bond acceptors (Lipinski definition) is 4. The standard InChI is InChI=1S/C12H17BrN2O3/c13-9-4-14-15(5-9)10-1-2-11(6-16)7-18-8-12(11,17)3-10/h4-5,10,16-17H,1-3,6-8H2/t10-,11?,12?/m1/s1. The SMILES string of the molecule is OCC12CC[C@@H](n3cc(Br)cn3)CC1(O)COC2. The quantitative estimate of drug-likeness (QED) is 0.857. The summed E-state index contributed by atoms with van der Waals surface area (Å²) in [4.78, 5) is 0. The highest BCUT2D eigenvalue weighted by Crippen LogP contribution is 2.51. The highest BCUT2D eigenvalue weighted by molar-refractivity contribution is 9.10. The van der Waals surface area contributed by atoms with E-state index < -0.39 is 11.0 Å². The Balaban J connectivity index is 1.85. The fourth-order valence-corrected chi connectivity index (χ4v) is 3.53. The molecule has 0 spiro atoms. The van der Waals surface area contributed by atoms with Crippen molar-refractivity contribution >= 4 is 15.9 Å². The molecule has 1 aromatic heterocycles. The van der Waals surface area contributed by atoms with Gasteiger partial charge in [-0.05, 0) is 28.8 Å². The molecule has 2 unspecified atom stereocenters. The molecule has 2 aliphatic rings. The van der Waals surface area contributed by atoms with Crippen molar-refractivity contribution in [2.24, 2.45) is 5.41 Å². The lowest BCUT2D eigenvalue weighted by Gasteiger charge is -2.45. The molecule has 2 N–H and O–H groups in total. The normalized spacial score (nSPS) is 39.8. The third-order valence-electron chi connectivity index (χ3n) is 4.48. The van der Waals surface area contributed by atoms with E-state index in [4.69, 9.17) is 4.74 Å². The van der Waals surface area contributed by atoms with Crippen LogP contribution >= 0.6 is 15.9 Å². The van der Waals surface area contributed by atoms with Crippen LogP contribution < -0.4 is 0 Å². The molecular formula is C12H17BrN2O3. The van der Waals surface area contributed by atoms with Crippen molar-refractivity contribution in [1.29, 1.82) is 0 Å². The van der Waals surface area contributed by atoms with Crippen LogP contribution in [0.5, 0.6) is 0 Å². The Kier molecular flexibility index (Phi) is 3.01. The fourth-order valence-electron chi connectivity index (χ4n) is 3.23. The topological polar surface area (TPSA) is 67.5 Å². The predicted octanol–water partition coefficient (Wildman–Crippen LogP) is 1.11. The fraction of sp³-hybridized carbons (Fsp3) is 0.750. The second-order valence-corrected chi connectivity index (χ2v) is 6.41. The van der Waals surface area contributed by atoms with Gasteiger partial charge in [0.25, 0.3) is 0 Å². The summed E-state index contributed by atoms with van der Waals surface area (Å²) in [6.07, 6.45) is 5.93. The molecule has 1 aromatic rings. The Morgan fingerprint density at radius 3 is 3.06 bits per heavy atom.